The van der Waals surface area contributed by atoms with Crippen molar-refractivity contribution in [1.82, 2.24) is 30.3 Å². The van der Waals surface area contributed by atoms with Gasteiger partial charge in [0, 0.05) is 39.0 Å². The van der Waals surface area contributed by atoms with E-state index >= 15 is 0 Å². The van der Waals surface area contributed by atoms with Crippen molar-refractivity contribution in [2.24, 2.45) is 0 Å². The Kier molecular flexibility index (Phi) is 6.32. The number of fused-ring (bicyclic) bond motifs is 1. The standard InChI is InChI=1S/C24H29N7O/c1-16-22-17(2)31(29-23(22)24(28-27-16)30(4)5)19-7-6-8-20(15-19)32-21(11-12-25-3)18-9-13-26-14-10-18/h6-10,13-15,21,25H,11-12H2,1-5H3. The topological polar surface area (TPSA) is 81.0 Å². The molecule has 0 aliphatic heterocycles. The van der Waals surface area contributed by atoms with Crippen molar-refractivity contribution < 1.29 is 4.74 Å². The summed E-state index contributed by atoms with van der Waals surface area (Å²) in [5.41, 5.74) is 4.77. The molecule has 8 nitrogen and oxygen atoms in total. The summed E-state index contributed by atoms with van der Waals surface area (Å²) < 4.78 is 8.36. The van der Waals surface area contributed by atoms with E-state index in [0.29, 0.717) is 0 Å². The lowest BCUT2D eigenvalue weighted by Crippen LogP contribution is -2.16. The van der Waals surface area contributed by atoms with E-state index in [4.69, 9.17) is 9.84 Å². The second-order valence-corrected chi connectivity index (χ2v) is 8.00. The minimum atomic E-state index is -0.0746. The van der Waals surface area contributed by atoms with Gasteiger partial charge in [-0.25, -0.2) is 4.68 Å². The van der Waals surface area contributed by atoms with Gasteiger partial charge >= 0.3 is 0 Å². The van der Waals surface area contributed by atoms with Gasteiger partial charge in [-0.15, -0.1) is 5.10 Å². The maximum atomic E-state index is 6.42. The number of hydrogen-bond donors (Lipinski definition) is 1. The van der Waals surface area contributed by atoms with Gasteiger partial charge in [0.2, 0.25) is 0 Å². The lowest BCUT2D eigenvalue weighted by molar-refractivity contribution is 0.195. The highest BCUT2D eigenvalue weighted by Gasteiger charge is 2.19. The Morgan fingerprint density at radius 3 is 2.59 bits per heavy atom. The van der Waals surface area contributed by atoms with Crippen molar-refractivity contribution in [1.29, 1.82) is 0 Å². The van der Waals surface area contributed by atoms with Crippen LogP contribution in [-0.2, 0) is 0 Å². The van der Waals surface area contributed by atoms with Crippen molar-refractivity contribution in [3.63, 3.8) is 0 Å². The fourth-order valence-electron chi connectivity index (χ4n) is 3.86. The third kappa shape index (κ3) is 4.27. The Balaban J connectivity index is 1.71. The number of pyridine rings is 1. The zero-order valence-electron chi connectivity index (χ0n) is 19.2. The van der Waals surface area contributed by atoms with E-state index in [1.807, 2.05) is 74.0 Å². The smallest absolute Gasteiger partial charge is 0.179 e. The third-order valence-electron chi connectivity index (χ3n) is 5.48. The molecule has 0 saturated carbocycles. The molecule has 0 amide bonds. The van der Waals surface area contributed by atoms with Crippen LogP contribution in [0.15, 0.2) is 48.8 Å². The highest BCUT2D eigenvalue weighted by Crippen LogP contribution is 2.30. The summed E-state index contributed by atoms with van der Waals surface area (Å²) >= 11 is 0. The second-order valence-electron chi connectivity index (χ2n) is 8.00. The summed E-state index contributed by atoms with van der Waals surface area (Å²) in [5, 5.41) is 17.8. The molecule has 166 valence electrons. The number of anilines is 1. The summed E-state index contributed by atoms with van der Waals surface area (Å²) in [6.07, 6.45) is 4.37. The molecule has 1 N–H and O–H groups in total. The molecule has 0 bridgehead atoms. The van der Waals surface area contributed by atoms with E-state index in [9.17, 15) is 0 Å². The first-order valence-corrected chi connectivity index (χ1v) is 10.7. The number of aromatic nitrogens is 5. The van der Waals surface area contributed by atoms with Gasteiger partial charge in [0.15, 0.2) is 5.82 Å². The molecule has 0 aliphatic rings. The Bertz CT molecular complexity index is 1200. The molecule has 8 heteroatoms. The molecule has 3 aromatic heterocycles. The van der Waals surface area contributed by atoms with Gasteiger partial charge in [-0.3, -0.25) is 4.98 Å². The van der Waals surface area contributed by atoms with Crippen molar-refractivity contribution in [2.75, 3.05) is 32.6 Å². The van der Waals surface area contributed by atoms with Crippen LogP contribution in [0.5, 0.6) is 5.75 Å². The van der Waals surface area contributed by atoms with Crippen LogP contribution >= 0.6 is 0 Å². The molecule has 32 heavy (non-hydrogen) atoms. The molecular weight excluding hydrogens is 402 g/mol. The number of benzene rings is 1. The van der Waals surface area contributed by atoms with Crippen LogP contribution in [0.2, 0.25) is 0 Å². The minimum absolute atomic E-state index is 0.0746. The Hall–Kier alpha value is -3.52. The van der Waals surface area contributed by atoms with E-state index in [-0.39, 0.29) is 6.10 Å². The number of nitrogens with one attached hydrogen (secondary N) is 1. The van der Waals surface area contributed by atoms with Crippen LogP contribution in [0, 0.1) is 13.8 Å². The van der Waals surface area contributed by atoms with Crippen LogP contribution in [0.25, 0.3) is 16.6 Å². The molecule has 3 heterocycles. The highest BCUT2D eigenvalue weighted by atomic mass is 16.5. The fourth-order valence-corrected chi connectivity index (χ4v) is 3.86. The maximum Gasteiger partial charge on any atom is 0.179 e. The molecule has 1 atom stereocenters. The van der Waals surface area contributed by atoms with Crippen molar-refractivity contribution in [3.8, 4) is 11.4 Å². The first-order chi connectivity index (χ1) is 15.5. The van der Waals surface area contributed by atoms with Crippen molar-refractivity contribution in [3.05, 3.63) is 65.7 Å². The molecular formula is C24H29N7O. The van der Waals surface area contributed by atoms with Gasteiger partial charge < -0.3 is 15.0 Å². The second kappa shape index (κ2) is 9.32. The van der Waals surface area contributed by atoms with Gasteiger partial charge in [0.1, 0.15) is 17.4 Å². The average Bonchev–Trinajstić information content (AvgIpc) is 3.15. The number of nitrogens with zero attached hydrogens (tertiary/aromatic N) is 6. The molecule has 4 rings (SSSR count). The summed E-state index contributed by atoms with van der Waals surface area (Å²) in [5.74, 6) is 1.55. The average molecular weight is 432 g/mol. The quantitative estimate of drug-likeness (QED) is 0.456. The van der Waals surface area contributed by atoms with Gasteiger partial charge in [-0.2, -0.15) is 10.2 Å². The monoisotopic (exact) mass is 431 g/mol. The van der Waals surface area contributed by atoms with Crippen LogP contribution in [-0.4, -0.2) is 52.6 Å². The molecule has 1 unspecified atom stereocenters. The van der Waals surface area contributed by atoms with E-state index in [1.165, 1.54) is 0 Å². The largest absolute Gasteiger partial charge is 0.486 e. The molecule has 1 aromatic carbocycles. The predicted octanol–water partition coefficient (Wildman–Crippen LogP) is 3.62. The minimum Gasteiger partial charge on any atom is -0.486 e. The molecule has 0 radical (unpaired) electrons. The molecule has 0 saturated heterocycles. The van der Waals surface area contributed by atoms with Gasteiger partial charge in [0.25, 0.3) is 0 Å². The molecule has 0 aliphatic carbocycles. The zero-order valence-corrected chi connectivity index (χ0v) is 19.2. The van der Waals surface area contributed by atoms with Gasteiger partial charge in [0.05, 0.1) is 22.5 Å². The predicted molar refractivity (Wildman–Crippen MR) is 127 cm³/mol. The highest BCUT2D eigenvalue weighted by molar-refractivity contribution is 5.92. The Morgan fingerprint density at radius 2 is 1.88 bits per heavy atom. The van der Waals surface area contributed by atoms with Crippen LogP contribution in [0.3, 0.4) is 0 Å². The van der Waals surface area contributed by atoms with E-state index in [1.54, 1.807) is 12.4 Å². The zero-order chi connectivity index (χ0) is 22.7. The summed E-state index contributed by atoms with van der Waals surface area (Å²) in [4.78, 5) is 6.07. The lowest BCUT2D eigenvalue weighted by Gasteiger charge is -2.20. The van der Waals surface area contributed by atoms with Crippen LogP contribution < -0.4 is 15.0 Å². The van der Waals surface area contributed by atoms with Crippen molar-refractivity contribution in [2.45, 2.75) is 26.4 Å². The van der Waals surface area contributed by atoms with Crippen LogP contribution in [0.4, 0.5) is 5.82 Å². The summed E-state index contributed by atoms with van der Waals surface area (Å²) in [6.45, 7) is 4.88. The van der Waals surface area contributed by atoms with Gasteiger partial charge in [-0.1, -0.05) is 6.07 Å². The summed E-state index contributed by atoms with van der Waals surface area (Å²) in [7, 11) is 5.85. The van der Waals surface area contributed by atoms with E-state index < -0.39 is 0 Å². The fraction of sp³-hybridized carbons (Fsp3) is 0.333. The first kappa shape index (κ1) is 21.7. The lowest BCUT2D eigenvalue weighted by atomic mass is 10.1. The maximum absolute atomic E-state index is 6.42. The number of aryl methyl sites for hydroxylation is 2. The Labute approximate surface area is 188 Å². The third-order valence-corrected chi connectivity index (χ3v) is 5.48. The molecule has 4 aromatic rings. The van der Waals surface area contributed by atoms with E-state index in [0.717, 1.165) is 58.1 Å². The van der Waals surface area contributed by atoms with Crippen molar-refractivity contribution >= 4 is 16.7 Å². The molecule has 0 spiro atoms. The normalized spacial score (nSPS) is 12.2. The number of hydrogen-bond acceptors (Lipinski definition) is 7. The summed E-state index contributed by atoms with van der Waals surface area (Å²) in [6, 6.07) is 12.0. The van der Waals surface area contributed by atoms with E-state index in [2.05, 4.69) is 27.4 Å². The van der Waals surface area contributed by atoms with Crippen LogP contribution in [0.1, 0.15) is 29.5 Å². The Morgan fingerprint density at radius 1 is 1.09 bits per heavy atom. The SMILES string of the molecule is CNCCC(Oc1cccc(-n2nc3c(N(C)C)nnc(C)c3c2C)c1)c1ccncc1. The number of ether oxygens (including phenoxy) is 1. The first-order valence-electron chi connectivity index (χ1n) is 10.7. The molecule has 0 fully saturated rings. The number of rotatable bonds is 8. The van der Waals surface area contributed by atoms with Gasteiger partial charge in [-0.05, 0) is 57.3 Å².